The molecule has 0 saturated heterocycles. The van der Waals surface area contributed by atoms with E-state index in [1.165, 1.54) is 0 Å². The Morgan fingerprint density at radius 1 is 1.36 bits per heavy atom. The fraction of sp³-hybridized carbons (Fsp3) is 0.467. The number of anilines is 1. The Morgan fingerprint density at radius 2 is 2.05 bits per heavy atom. The predicted octanol–water partition coefficient (Wildman–Crippen LogP) is 2.53. The van der Waals surface area contributed by atoms with Gasteiger partial charge in [-0.15, -0.1) is 0 Å². The lowest BCUT2D eigenvalue weighted by atomic mass is 10.2. The van der Waals surface area contributed by atoms with E-state index >= 15 is 0 Å². The van der Waals surface area contributed by atoms with Crippen molar-refractivity contribution in [3.8, 4) is 0 Å². The van der Waals surface area contributed by atoms with Crippen molar-refractivity contribution < 1.29 is 9.59 Å². The standard InChI is InChI=1S/C15H19Cl2N3O2/c1-9(20(2)8-14(21)18-11-4-5-11)15(22)19-13-7-10(16)3-6-12(13)17/h3,6-7,9,11H,4-5,8H2,1-2H3,(H,18,21)(H,19,22)/t9-/m0/s1. The summed E-state index contributed by atoms with van der Waals surface area (Å²) < 4.78 is 0. The summed E-state index contributed by atoms with van der Waals surface area (Å²) in [6.45, 7) is 1.91. The summed E-state index contributed by atoms with van der Waals surface area (Å²) in [6, 6.07) is 4.71. The molecular formula is C15H19Cl2N3O2. The molecule has 1 saturated carbocycles. The summed E-state index contributed by atoms with van der Waals surface area (Å²) in [5.74, 6) is -0.309. The molecule has 1 fully saturated rings. The number of likely N-dealkylation sites (N-methyl/N-ethyl adjacent to an activating group) is 1. The minimum absolute atomic E-state index is 0.0644. The van der Waals surface area contributed by atoms with Gasteiger partial charge in [0, 0.05) is 11.1 Å². The van der Waals surface area contributed by atoms with E-state index in [0.29, 0.717) is 21.8 Å². The second-order valence-corrected chi connectivity index (χ2v) is 6.39. The summed E-state index contributed by atoms with van der Waals surface area (Å²) in [4.78, 5) is 25.7. The van der Waals surface area contributed by atoms with E-state index in [4.69, 9.17) is 23.2 Å². The van der Waals surface area contributed by atoms with Crippen LogP contribution >= 0.6 is 23.2 Å². The zero-order chi connectivity index (χ0) is 16.3. The summed E-state index contributed by atoms with van der Waals surface area (Å²) in [6.07, 6.45) is 2.08. The number of carbonyl (C=O) groups excluding carboxylic acids is 2. The van der Waals surface area contributed by atoms with Gasteiger partial charge < -0.3 is 10.6 Å². The highest BCUT2D eigenvalue weighted by atomic mass is 35.5. The highest BCUT2D eigenvalue weighted by Crippen LogP contribution is 2.25. The second kappa shape index (κ2) is 7.31. The van der Waals surface area contributed by atoms with E-state index < -0.39 is 6.04 Å². The van der Waals surface area contributed by atoms with Crippen LogP contribution in [0, 0.1) is 0 Å². The average Bonchev–Trinajstić information content (AvgIpc) is 3.25. The molecule has 2 N–H and O–H groups in total. The van der Waals surface area contributed by atoms with Crippen LogP contribution in [0.3, 0.4) is 0 Å². The maximum Gasteiger partial charge on any atom is 0.241 e. The molecule has 1 aliphatic rings. The van der Waals surface area contributed by atoms with Crippen molar-refractivity contribution in [2.75, 3.05) is 18.9 Å². The first-order chi connectivity index (χ1) is 10.4. The maximum absolute atomic E-state index is 12.2. The van der Waals surface area contributed by atoms with Crippen LogP contribution in [-0.2, 0) is 9.59 Å². The molecule has 2 amide bonds. The molecule has 0 heterocycles. The van der Waals surface area contributed by atoms with Gasteiger partial charge in [0.2, 0.25) is 11.8 Å². The molecule has 0 aliphatic heterocycles. The van der Waals surface area contributed by atoms with Gasteiger partial charge >= 0.3 is 0 Å². The number of carbonyl (C=O) groups is 2. The number of halogens is 2. The fourth-order valence-corrected chi connectivity index (χ4v) is 2.23. The van der Waals surface area contributed by atoms with Gasteiger partial charge in [0.25, 0.3) is 0 Å². The Kier molecular flexibility index (Phi) is 5.67. The van der Waals surface area contributed by atoms with Crippen molar-refractivity contribution in [1.29, 1.82) is 0 Å². The lowest BCUT2D eigenvalue weighted by Gasteiger charge is -2.23. The highest BCUT2D eigenvalue weighted by Gasteiger charge is 2.25. The Labute approximate surface area is 139 Å². The van der Waals surface area contributed by atoms with Crippen LogP contribution in [0.5, 0.6) is 0 Å². The third-order valence-electron chi connectivity index (χ3n) is 3.56. The molecule has 2 rings (SSSR count). The largest absolute Gasteiger partial charge is 0.352 e. The smallest absolute Gasteiger partial charge is 0.241 e. The molecule has 1 aliphatic carbocycles. The summed E-state index contributed by atoms with van der Waals surface area (Å²) >= 11 is 11.9. The van der Waals surface area contributed by atoms with E-state index in [2.05, 4.69) is 10.6 Å². The van der Waals surface area contributed by atoms with Gasteiger partial charge in [-0.2, -0.15) is 0 Å². The van der Waals surface area contributed by atoms with Crippen molar-refractivity contribution in [2.45, 2.75) is 31.8 Å². The molecule has 0 aromatic heterocycles. The van der Waals surface area contributed by atoms with Gasteiger partial charge in [0.1, 0.15) is 0 Å². The monoisotopic (exact) mass is 343 g/mol. The minimum atomic E-state index is -0.472. The summed E-state index contributed by atoms with van der Waals surface area (Å²) in [7, 11) is 1.73. The second-order valence-electron chi connectivity index (χ2n) is 5.55. The lowest BCUT2D eigenvalue weighted by molar-refractivity contribution is -0.124. The number of hydrogen-bond donors (Lipinski definition) is 2. The normalized spacial score (nSPS) is 15.5. The van der Waals surface area contributed by atoms with Crippen molar-refractivity contribution in [3.63, 3.8) is 0 Å². The van der Waals surface area contributed by atoms with E-state index in [1.54, 1.807) is 37.1 Å². The van der Waals surface area contributed by atoms with Gasteiger partial charge in [0.05, 0.1) is 23.3 Å². The summed E-state index contributed by atoms with van der Waals surface area (Å²) in [5.41, 5.74) is 0.460. The van der Waals surface area contributed by atoms with Crippen molar-refractivity contribution in [2.24, 2.45) is 0 Å². The number of rotatable bonds is 6. The van der Waals surface area contributed by atoms with Gasteiger partial charge in [-0.3, -0.25) is 14.5 Å². The van der Waals surface area contributed by atoms with Crippen LogP contribution in [0.4, 0.5) is 5.69 Å². The topological polar surface area (TPSA) is 61.4 Å². The van der Waals surface area contributed by atoms with Crippen LogP contribution in [0.1, 0.15) is 19.8 Å². The van der Waals surface area contributed by atoms with E-state index in [9.17, 15) is 9.59 Å². The SMILES string of the molecule is C[C@@H](C(=O)Nc1cc(Cl)ccc1Cl)N(C)CC(=O)NC1CC1. The fourth-order valence-electron chi connectivity index (χ4n) is 1.90. The van der Waals surface area contributed by atoms with Crippen molar-refractivity contribution >= 4 is 40.7 Å². The summed E-state index contributed by atoms with van der Waals surface area (Å²) in [5, 5.41) is 6.53. The minimum Gasteiger partial charge on any atom is -0.352 e. The third kappa shape index (κ3) is 4.87. The Bertz CT molecular complexity index is 576. The molecule has 120 valence electrons. The first kappa shape index (κ1) is 17.1. The first-order valence-electron chi connectivity index (χ1n) is 7.12. The molecule has 0 spiro atoms. The van der Waals surface area contributed by atoms with Crippen molar-refractivity contribution in [1.82, 2.24) is 10.2 Å². The average molecular weight is 344 g/mol. The molecule has 1 aromatic rings. The molecule has 22 heavy (non-hydrogen) atoms. The van der Waals surface area contributed by atoms with E-state index in [-0.39, 0.29) is 18.4 Å². The molecule has 0 bridgehead atoms. The Hall–Kier alpha value is -1.30. The van der Waals surface area contributed by atoms with Crippen LogP contribution in [0.2, 0.25) is 10.0 Å². The van der Waals surface area contributed by atoms with Crippen molar-refractivity contribution in [3.05, 3.63) is 28.2 Å². The van der Waals surface area contributed by atoms with Gasteiger partial charge in [-0.25, -0.2) is 0 Å². The highest BCUT2D eigenvalue weighted by molar-refractivity contribution is 6.35. The number of nitrogens with one attached hydrogen (secondary N) is 2. The molecule has 5 nitrogen and oxygen atoms in total. The molecule has 7 heteroatoms. The van der Waals surface area contributed by atoms with E-state index in [1.807, 2.05) is 0 Å². The number of amides is 2. The molecular weight excluding hydrogens is 325 g/mol. The molecule has 0 unspecified atom stereocenters. The zero-order valence-electron chi connectivity index (χ0n) is 12.5. The number of benzene rings is 1. The van der Waals surface area contributed by atoms with Crippen LogP contribution in [0.25, 0.3) is 0 Å². The third-order valence-corrected chi connectivity index (χ3v) is 4.13. The predicted molar refractivity (Wildman–Crippen MR) is 88.3 cm³/mol. The van der Waals surface area contributed by atoms with Gasteiger partial charge in [-0.05, 0) is 45.0 Å². The maximum atomic E-state index is 12.2. The van der Waals surface area contributed by atoms with Crippen LogP contribution < -0.4 is 10.6 Å². The lowest BCUT2D eigenvalue weighted by Crippen LogP contribution is -2.45. The van der Waals surface area contributed by atoms with Crippen LogP contribution in [-0.4, -0.2) is 42.4 Å². The quantitative estimate of drug-likeness (QED) is 0.834. The number of hydrogen-bond acceptors (Lipinski definition) is 3. The number of nitrogens with zero attached hydrogens (tertiary/aromatic N) is 1. The zero-order valence-corrected chi connectivity index (χ0v) is 14.0. The van der Waals surface area contributed by atoms with Gasteiger partial charge in [0.15, 0.2) is 0 Å². The van der Waals surface area contributed by atoms with Crippen LogP contribution in [0.15, 0.2) is 18.2 Å². The Balaban J connectivity index is 1.89. The van der Waals surface area contributed by atoms with E-state index in [0.717, 1.165) is 12.8 Å². The Morgan fingerprint density at radius 3 is 2.68 bits per heavy atom. The first-order valence-corrected chi connectivity index (χ1v) is 7.88. The van der Waals surface area contributed by atoms with Gasteiger partial charge in [-0.1, -0.05) is 23.2 Å². The molecule has 1 aromatic carbocycles. The molecule has 0 radical (unpaired) electrons. The molecule has 1 atom stereocenters.